The molecule has 0 atom stereocenters. The number of nitrogens with zero attached hydrogens (tertiary/aromatic N) is 3. The highest BCUT2D eigenvalue weighted by atomic mass is 16.2. The van der Waals surface area contributed by atoms with Gasteiger partial charge in [0.05, 0.1) is 17.9 Å². The fraction of sp³-hybridized carbons (Fsp3) is 0.500. The molecular formula is C18H24N4O3. The van der Waals surface area contributed by atoms with Crippen LogP contribution in [0.5, 0.6) is 0 Å². The zero-order valence-corrected chi connectivity index (χ0v) is 14.9. The van der Waals surface area contributed by atoms with Gasteiger partial charge < -0.3 is 10.2 Å². The van der Waals surface area contributed by atoms with E-state index in [0.29, 0.717) is 31.9 Å². The second-order valence-corrected chi connectivity index (χ2v) is 7.04. The Morgan fingerprint density at radius 2 is 1.76 bits per heavy atom. The molecule has 0 bridgehead atoms. The molecule has 25 heavy (non-hydrogen) atoms. The van der Waals surface area contributed by atoms with Crippen LogP contribution in [-0.4, -0.2) is 65.8 Å². The van der Waals surface area contributed by atoms with Gasteiger partial charge in [0, 0.05) is 33.1 Å². The van der Waals surface area contributed by atoms with Crippen molar-refractivity contribution in [2.45, 2.75) is 26.3 Å². The highest BCUT2D eigenvalue weighted by molar-refractivity contribution is 6.14. The number of piperazine rings is 1. The molecule has 2 heterocycles. The van der Waals surface area contributed by atoms with Gasteiger partial charge in [-0.05, 0) is 26.0 Å². The van der Waals surface area contributed by atoms with E-state index in [-0.39, 0.29) is 24.3 Å². The van der Waals surface area contributed by atoms with E-state index in [1.54, 1.807) is 36.6 Å². The van der Waals surface area contributed by atoms with Crippen molar-refractivity contribution in [2.24, 2.45) is 0 Å². The zero-order chi connectivity index (χ0) is 18.2. The Balaban J connectivity index is 1.77. The number of benzene rings is 1. The smallest absolute Gasteiger partial charge is 0.250 e. The number of carbonyl (C=O) groups excluding carboxylic acids is 3. The lowest BCUT2D eigenvalue weighted by atomic mass is 9.96. The Kier molecular flexibility index (Phi) is 4.51. The summed E-state index contributed by atoms with van der Waals surface area (Å²) in [6, 6.07) is 7.34. The molecule has 1 fully saturated rings. The van der Waals surface area contributed by atoms with Crippen LogP contribution in [-0.2, 0) is 14.4 Å². The second kappa shape index (κ2) is 6.48. The summed E-state index contributed by atoms with van der Waals surface area (Å²) in [6.07, 6.45) is 0. The number of fused-ring (bicyclic) bond motifs is 1. The van der Waals surface area contributed by atoms with Crippen LogP contribution in [0.3, 0.4) is 0 Å². The number of nitrogens with one attached hydrogen (secondary N) is 1. The molecule has 1 N–H and O–H groups in total. The van der Waals surface area contributed by atoms with Gasteiger partial charge in [-0.1, -0.05) is 12.1 Å². The largest absolute Gasteiger partial charge is 0.340 e. The topological polar surface area (TPSA) is 73.0 Å². The summed E-state index contributed by atoms with van der Waals surface area (Å²) in [7, 11) is 0. The highest BCUT2D eigenvalue weighted by Crippen LogP contribution is 2.36. The number of hydrogen-bond donors (Lipinski definition) is 1. The molecule has 7 nitrogen and oxygen atoms in total. The van der Waals surface area contributed by atoms with Crippen LogP contribution in [0.4, 0.5) is 11.4 Å². The van der Waals surface area contributed by atoms with E-state index in [9.17, 15) is 14.4 Å². The lowest BCUT2D eigenvalue weighted by Crippen LogP contribution is -2.61. The molecule has 3 rings (SSSR count). The van der Waals surface area contributed by atoms with Crippen molar-refractivity contribution in [1.82, 2.24) is 9.80 Å². The zero-order valence-electron chi connectivity index (χ0n) is 14.9. The molecular weight excluding hydrogens is 320 g/mol. The maximum absolute atomic E-state index is 13.0. The Hall–Kier alpha value is -2.41. The number of anilines is 2. The van der Waals surface area contributed by atoms with Crippen molar-refractivity contribution in [1.29, 1.82) is 0 Å². The molecule has 1 aromatic rings. The third-order valence-electron chi connectivity index (χ3n) is 4.93. The average Bonchev–Trinajstić information content (AvgIpc) is 2.56. The first-order valence-electron chi connectivity index (χ1n) is 8.52. The maximum atomic E-state index is 13.0. The van der Waals surface area contributed by atoms with Gasteiger partial charge in [0.15, 0.2) is 0 Å². The van der Waals surface area contributed by atoms with Gasteiger partial charge in [-0.15, -0.1) is 0 Å². The number of amides is 3. The summed E-state index contributed by atoms with van der Waals surface area (Å²) in [4.78, 5) is 42.3. The molecule has 3 amide bonds. The number of carbonyl (C=O) groups is 3. The summed E-state index contributed by atoms with van der Waals surface area (Å²) >= 11 is 0. The molecule has 2 aliphatic heterocycles. The number of hydrogen-bond acceptors (Lipinski definition) is 4. The minimum atomic E-state index is -0.952. The highest BCUT2D eigenvalue weighted by Gasteiger charge is 2.43. The fourth-order valence-electron chi connectivity index (χ4n) is 3.38. The molecule has 134 valence electrons. The Bertz CT molecular complexity index is 708. The summed E-state index contributed by atoms with van der Waals surface area (Å²) in [6.45, 7) is 7.88. The molecule has 0 aliphatic carbocycles. The van der Waals surface area contributed by atoms with E-state index in [1.807, 2.05) is 23.1 Å². The van der Waals surface area contributed by atoms with Crippen LogP contribution in [0, 0.1) is 0 Å². The summed E-state index contributed by atoms with van der Waals surface area (Å²) in [5.41, 5.74) is 0.424. The minimum absolute atomic E-state index is 0.0636. The summed E-state index contributed by atoms with van der Waals surface area (Å²) in [5.74, 6) is -0.238. The molecule has 1 saturated heterocycles. The van der Waals surface area contributed by atoms with Gasteiger partial charge in [0.2, 0.25) is 17.7 Å². The Morgan fingerprint density at radius 1 is 1.12 bits per heavy atom. The standard InChI is InChI=1S/C18H24N4O3/c1-13(23)21-10-8-20(9-11-21)12-16(24)22-15-7-5-4-6-14(15)19-17(25)18(22,2)3/h4-7H,8-12H2,1-3H3,(H,19,25). The lowest BCUT2D eigenvalue weighted by molar-refractivity contribution is -0.131. The van der Waals surface area contributed by atoms with E-state index in [4.69, 9.17) is 0 Å². The van der Waals surface area contributed by atoms with E-state index in [2.05, 4.69) is 5.32 Å². The van der Waals surface area contributed by atoms with Crippen LogP contribution < -0.4 is 10.2 Å². The first-order valence-corrected chi connectivity index (χ1v) is 8.52. The van der Waals surface area contributed by atoms with Crippen LogP contribution in [0.15, 0.2) is 24.3 Å². The van der Waals surface area contributed by atoms with E-state index >= 15 is 0 Å². The van der Waals surface area contributed by atoms with Crippen molar-refractivity contribution in [3.8, 4) is 0 Å². The van der Waals surface area contributed by atoms with Gasteiger partial charge >= 0.3 is 0 Å². The number of para-hydroxylation sites is 2. The maximum Gasteiger partial charge on any atom is 0.250 e. The normalized spacial score (nSPS) is 20.0. The molecule has 7 heteroatoms. The lowest BCUT2D eigenvalue weighted by Gasteiger charge is -2.43. The Morgan fingerprint density at radius 3 is 2.40 bits per heavy atom. The molecule has 0 spiro atoms. The Labute approximate surface area is 147 Å². The minimum Gasteiger partial charge on any atom is -0.340 e. The molecule has 1 aromatic carbocycles. The van der Waals surface area contributed by atoms with Crippen LogP contribution in [0.25, 0.3) is 0 Å². The van der Waals surface area contributed by atoms with Gasteiger partial charge in [-0.3, -0.25) is 24.2 Å². The van der Waals surface area contributed by atoms with Crippen molar-refractivity contribution in [2.75, 3.05) is 42.9 Å². The van der Waals surface area contributed by atoms with E-state index < -0.39 is 5.54 Å². The van der Waals surface area contributed by atoms with Crippen LogP contribution in [0.1, 0.15) is 20.8 Å². The van der Waals surface area contributed by atoms with Crippen molar-refractivity contribution in [3.05, 3.63) is 24.3 Å². The quantitative estimate of drug-likeness (QED) is 0.866. The van der Waals surface area contributed by atoms with Gasteiger partial charge in [-0.2, -0.15) is 0 Å². The SMILES string of the molecule is CC(=O)N1CCN(CC(=O)N2c3ccccc3NC(=O)C2(C)C)CC1. The third kappa shape index (κ3) is 3.24. The predicted octanol–water partition coefficient (Wildman–Crippen LogP) is 0.914. The van der Waals surface area contributed by atoms with Gasteiger partial charge in [-0.25, -0.2) is 0 Å². The van der Waals surface area contributed by atoms with Gasteiger partial charge in [0.25, 0.3) is 0 Å². The first-order chi connectivity index (χ1) is 11.8. The summed E-state index contributed by atoms with van der Waals surface area (Å²) in [5, 5.41) is 2.87. The second-order valence-electron chi connectivity index (χ2n) is 7.04. The monoisotopic (exact) mass is 344 g/mol. The van der Waals surface area contributed by atoms with Crippen LogP contribution >= 0.6 is 0 Å². The van der Waals surface area contributed by atoms with E-state index in [1.165, 1.54) is 0 Å². The van der Waals surface area contributed by atoms with E-state index in [0.717, 1.165) is 5.69 Å². The molecule has 2 aliphatic rings. The van der Waals surface area contributed by atoms with Gasteiger partial charge in [0.1, 0.15) is 5.54 Å². The molecule has 0 unspecified atom stereocenters. The first kappa shape index (κ1) is 17.4. The third-order valence-corrected chi connectivity index (χ3v) is 4.93. The van der Waals surface area contributed by atoms with Crippen molar-refractivity contribution in [3.63, 3.8) is 0 Å². The predicted molar refractivity (Wildman–Crippen MR) is 95.3 cm³/mol. The van der Waals surface area contributed by atoms with Crippen LogP contribution in [0.2, 0.25) is 0 Å². The summed E-state index contributed by atoms with van der Waals surface area (Å²) < 4.78 is 0. The van der Waals surface area contributed by atoms with Crippen molar-refractivity contribution >= 4 is 29.1 Å². The number of rotatable bonds is 2. The molecule has 0 aromatic heterocycles. The van der Waals surface area contributed by atoms with Crippen molar-refractivity contribution < 1.29 is 14.4 Å². The molecule has 0 radical (unpaired) electrons. The fourth-order valence-corrected chi connectivity index (χ4v) is 3.38. The average molecular weight is 344 g/mol. The molecule has 0 saturated carbocycles.